The highest BCUT2D eigenvalue weighted by atomic mass is 16.6. The second-order valence-corrected chi connectivity index (χ2v) is 8.98. The average Bonchev–Trinajstić information content (AvgIpc) is 3.39. The summed E-state index contributed by atoms with van der Waals surface area (Å²) < 4.78 is 8.80. The van der Waals surface area contributed by atoms with E-state index in [2.05, 4.69) is 11.6 Å². The number of nitrogens with zero attached hydrogens (tertiary/aromatic N) is 6. The van der Waals surface area contributed by atoms with Gasteiger partial charge >= 0.3 is 0 Å². The molecule has 11 nitrogen and oxygen atoms in total. The molecule has 11 heteroatoms. The second-order valence-electron chi connectivity index (χ2n) is 8.98. The minimum atomic E-state index is -0.681. The number of pyridine rings is 2. The molecule has 1 saturated heterocycles. The van der Waals surface area contributed by atoms with Crippen molar-refractivity contribution < 1.29 is 14.5 Å². The maximum absolute atomic E-state index is 13.4. The fourth-order valence-corrected chi connectivity index (χ4v) is 4.45. The van der Waals surface area contributed by atoms with Crippen molar-refractivity contribution in [3.63, 3.8) is 0 Å². The summed E-state index contributed by atoms with van der Waals surface area (Å²) >= 11 is 0. The molecule has 1 fully saturated rings. The summed E-state index contributed by atoms with van der Waals surface area (Å²) in [6, 6.07) is 7.00. The number of ether oxygens (including phenoxy) is 1. The van der Waals surface area contributed by atoms with Gasteiger partial charge < -0.3 is 9.30 Å². The van der Waals surface area contributed by atoms with E-state index in [1.54, 1.807) is 16.8 Å². The summed E-state index contributed by atoms with van der Waals surface area (Å²) in [5.41, 5.74) is 1.14. The van der Waals surface area contributed by atoms with Crippen LogP contribution in [0.2, 0.25) is 0 Å². The zero-order valence-corrected chi connectivity index (χ0v) is 21.1. The first kappa shape index (κ1) is 26.4. The third-order valence-corrected chi connectivity index (χ3v) is 6.31. The average molecular weight is 515 g/mol. The van der Waals surface area contributed by atoms with Crippen LogP contribution in [0.15, 0.2) is 70.3 Å². The Hall–Kier alpha value is -4.69. The van der Waals surface area contributed by atoms with Crippen molar-refractivity contribution in [2.45, 2.75) is 45.8 Å². The van der Waals surface area contributed by atoms with Crippen molar-refractivity contribution in [3.8, 4) is 6.07 Å². The molecule has 1 aliphatic rings. The molecule has 0 saturated carbocycles. The van der Waals surface area contributed by atoms with Crippen molar-refractivity contribution >= 4 is 22.6 Å². The topological polar surface area (TPSA) is 145 Å². The van der Waals surface area contributed by atoms with Crippen LogP contribution < -0.4 is 11.0 Å². The van der Waals surface area contributed by atoms with Crippen LogP contribution in [0, 0.1) is 28.4 Å². The molecule has 1 amide bonds. The van der Waals surface area contributed by atoms with Gasteiger partial charge in [0.15, 0.2) is 5.49 Å². The number of nitriles is 1. The molecule has 0 aliphatic carbocycles. The molecule has 4 heterocycles. The SMILES string of the molecule is C=C/C=C\C(=C(\C)CC(=O)N=c1c(C#N)cc2c(=O)n3cccc(C)c3nc2n1CC1CCCO1)[N+](=O)[O-]. The summed E-state index contributed by atoms with van der Waals surface area (Å²) in [6.07, 6.45) is 6.73. The smallest absolute Gasteiger partial charge is 0.268 e. The van der Waals surface area contributed by atoms with Gasteiger partial charge in [0, 0.05) is 24.5 Å². The molecule has 1 aliphatic heterocycles. The van der Waals surface area contributed by atoms with Crippen LogP contribution in [-0.4, -0.2) is 37.5 Å². The number of carbonyl (C=O) groups is 1. The zero-order chi connectivity index (χ0) is 27.4. The first-order valence-corrected chi connectivity index (χ1v) is 12.0. The third kappa shape index (κ3) is 5.21. The van der Waals surface area contributed by atoms with Crippen LogP contribution in [0.4, 0.5) is 0 Å². The Morgan fingerprint density at radius 1 is 1.45 bits per heavy atom. The van der Waals surface area contributed by atoms with Crippen LogP contribution in [0.3, 0.4) is 0 Å². The van der Waals surface area contributed by atoms with Gasteiger partial charge in [0.25, 0.3) is 17.2 Å². The number of hydrogen-bond donors (Lipinski definition) is 0. The molecule has 0 spiro atoms. The van der Waals surface area contributed by atoms with Gasteiger partial charge in [0.1, 0.15) is 17.4 Å². The van der Waals surface area contributed by atoms with E-state index in [9.17, 15) is 25.0 Å². The first-order valence-electron chi connectivity index (χ1n) is 12.0. The predicted molar refractivity (Wildman–Crippen MR) is 140 cm³/mol. The number of hydrogen-bond acceptors (Lipinski definition) is 7. The molecule has 0 N–H and O–H groups in total. The lowest BCUT2D eigenvalue weighted by atomic mass is 10.1. The van der Waals surface area contributed by atoms with Crippen LogP contribution in [0.1, 0.15) is 37.3 Å². The summed E-state index contributed by atoms with van der Waals surface area (Å²) in [6.45, 7) is 7.62. The van der Waals surface area contributed by atoms with Crippen molar-refractivity contribution in [1.82, 2.24) is 14.0 Å². The van der Waals surface area contributed by atoms with Gasteiger partial charge in [-0.3, -0.25) is 24.1 Å². The lowest BCUT2D eigenvalue weighted by molar-refractivity contribution is -0.420. The Labute approximate surface area is 217 Å². The predicted octanol–water partition coefficient (Wildman–Crippen LogP) is 3.12. The monoisotopic (exact) mass is 514 g/mol. The summed E-state index contributed by atoms with van der Waals surface area (Å²) in [5.74, 6) is -0.681. The first-order chi connectivity index (χ1) is 18.2. The number of aromatic nitrogens is 3. The van der Waals surface area contributed by atoms with Crippen molar-refractivity contribution in [1.29, 1.82) is 5.26 Å². The van der Waals surface area contributed by atoms with Crippen molar-refractivity contribution in [2.75, 3.05) is 6.61 Å². The van der Waals surface area contributed by atoms with E-state index in [-0.39, 0.29) is 58.0 Å². The number of nitro groups is 1. The quantitative estimate of drug-likeness (QED) is 0.204. The van der Waals surface area contributed by atoms with Gasteiger partial charge in [0.2, 0.25) is 0 Å². The minimum absolute atomic E-state index is 0.0121. The second kappa shape index (κ2) is 11.1. The maximum atomic E-state index is 13.4. The highest BCUT2D eigenvalue weighted by Gasteiger charge is 2.22. The molecule has 4 rings (SSSR count). The van der Waals surface area contributed by atoms with E-state index in [4.69, 9.17) is 9.72 Å². The van der Waals surface area contributed by atoms with Gasteiger partial charge in [-0.25, -0.2) is 4.98 Å². The normalized spacial score (nSPS) is 16.7. The highest BCUT2D eigenvalue weighted by Crippen LogP contribution is 2.18. The molecule has 3 aromatic heterocycles. The summed E-state index contributed by atoms with van der Waals surface area (Å²) in [7, 11) is 0. The van der Waals surface area contributed by atoms with Crippen LogP contribution >= 0.6 is 0 Å². The number of allylic oxidation sites excluding steroid dienone is 3. The molecule has 0 radical (unpaired) electrons. The standard InChI is InChI=1S/C27H26N6O5/c1-4-5-10-22(33(36)37)18(3)13-23(34)29-25-19(15-28)14-21-26(32(25)16-20-9-7-12-38-20)30-24-17(2)8-6-11-31(24)27(21)35/h4-6,8,10-11,14,20H,1,7,9,12-13,16H2,2-3H3/b10-5-,22-18+,29-25?. The molecule has 194 valence electrons. The molecule has 0 aromatic carbocycles. The number of rotatable bonds is 7. The van der Waals surface area contributed by atoms with Crippen molar-refractivity contribution in [3.05, 3.63) is 97.6 Å². The number of amides is 1. The van der Waals surface area contributed by atoms with E-state index in [0.717, 1.165) is 18.4 Å². The number of carbonyl (C=O) groups excluding carboxylic acids is 1. The molecule has 38 heavy (non-hydrogen) atoms. The van der Waals surface area contributed by atoms with E-state index in [1.807, 2.05) is 19.1 Å². The molecular formula is C27H26N6O5. The van der Waals surface area contributed by atoms with Crippen molar-refractivity contribution in [2.24, 2.45) is 4.99 Å². The fourth-order valence-electron chi connectivity index (χ4n) is 4.45. The Balaban J connectivity index is 1.97. The van der Waals surface area contributed by atoms with Crippen LogP contribution in [-0.2, 0) is 16.1 Å². The Bertz CT molecular complexity index is 1700. The van der Waals surface area contributed by atoms with E-state index in [0.29, 0.717) is 12.3 Å². The third-order valence-electron chi connectivity index (χ3n) is 6.31. The zero-order valence-electron chi connectivity index (χ0n) is 21.1. The Kier molecular flexibility index (Phi) is 7.74. The van der Waals surface area contributed by atoms with Crippen LogP contribution in [0.5, 0.6) is 0 Å². The molecular weight excluding hydrogens is 488 g/mol. The van der Waals surface area contributed by atoms with Gasteiger partial charge in [-0.1, -0.05) is 24.8 Å². The lowest BCUT2D eigenvalue weighted by Gasteiger charge is -2.17. The van der Waals surface area contributed by atoms with Crippen LogP contribution in [0.25, 0.3) is 16.7 Å². The Morgan fingerprint density at radius 2 is 2.24 bits per heavy atom. The fraction of sp³-hybridized carbons (Fsp3) is 0.296. The summed E-state index contributed by atoms with van der Waals surface area (Å²) in [4.78, 5) is 46.3. The summed E-state index contributed by atoms with van der Waals surface area (Å²) in [5, 5.41) is 21.6. The highest BCUT2D eigenvalue weighted by molar-refractivity contribution is 5.81. The number of aryl methyl sites for hydroxylation is 1. The van der Waals surface area contributed by atoms with Gasteiger partial charge in [-0.2, -0.15) is 10.3 Å². The molecule has 1 unspecified atom stereocenters. The number of fused-ring (bicyclic) bond motifs is 2. The Morgan fingerprint density at radius 3 is 2.89 bits per heavy atom. The van der Waals surface area contributed by atoms with Gasteiger partial charge in [-0.05, 0) is 44.4 Å². The van der Waals surface area contributed by atoms with E-state index >= 15 is 0 Å². The molecule has 1 atom stereocenters. The maximum Gasteiger partial charge on any atom is 0.268 e. The minimum Gasteiger partial charge on any atom is -0.376 e. The molecule has 0 bridgehead atoms. The largest absolute Gasteiger partial charge is 0.376 e. The van der Waals surface area contributed by atoms with E-state index in [1.165, 1.54) is 35.6 Å². The molecule has 3 aromatic rings. The van der Waals surface area contributed by atoms with E-state index < -0.39 is 10.8 Å². The van der Waals surface area contributed by atoms with Gasteiger partial charge in [0.05, 0.1) is 34.9 Å². The van der Waals surface area contributed by atoms with Gasteiger partial charge in [-0.15, -0.1) is 0 Å². The lowest BCUT2D eigenvalue weighted by Crippen LogP contribution is -2.33.